The highest BCUT2D eigenvalue weighted by molar-refractivity contribution is 9.09. The highest BCUT2D eigenvalue weighted by atomic mass is 79.9. The second-order valence-corrected chi connectivity index (χ2v) is 14.6. The number of rotatable bonds is 15. The van der Waals surface area contributed by atoms with Crippen molar-refractivity contribution in [3.8, 4) is 0 Å². The molecule has 4 rings (SSSR count). The molecule has 7 nitrogen and oxygen atoms in total. The number of nitrogens with zero attached hydrogens (tertiary/aromatic N) is 3. The van der Waals surface area contributed by atoms with Crippen LogP contribution >= 0.6 is 27.7 Å². The largest absolute Gasteiger partial charge is 0.396 e. The van der Waals surface area contributed by atoms with E-state index >= 15 is 0 Å². The molecule has 3 fully saturated rings. The van der Waals surface area contributed by atoms with Gasteiger partial charge in [0.1, 0.15) is 6.04 Å². The minimum atomic E-state index is -0.694. The highest BCUT2D eigenvalue weighted by Crippen LogP contribution is 2.68. The SMILES string of the molecule is C=CCN(CCC)C(=O)[C@H]1[C@H]2C(=O)N(CCCCCCO)C(C(=O)N(CC=C)c3c(C)cccc3C)C23CC(Br)[C@@H]1S3. The molecular formula is C33H46BrN3O4S. The molecule has 42 heavy (non-hydrogen) atoms. The molecule has 6 atom stereocenters. The van der Waals surface area contributed by atoms with E-state index in [1.54, 1.807) is 28.8 Å². The van der Waals surface area contributed by atoms with Gasteiger partial charge in [0.2, 0.25) is 11.8 Å². The van der Waals surface area contributed by atoms with Crippen LogP contribution in [0.25, 0.3) is 0 Å². The molecule has 1 aromatic carbocycles. The van der Waals surface area contributed by atoms with E-state index in [-0.39, 0.29) is 34.4 Å². The number of alkyl halides is 1. The van der Waals surface area contributed by atoms with Gasteiger partial charge in [-0.2, -0.15) is 0 Å². The number of carbonyl (C=O) groups is 3. The fraction of sp³-hybridized carbons (Fsp3) is 0.606. The van der Waals surface area contributed by atoms with E-state index in [1.165, 1.54) is 0 Å². The van der Waals surface area contributed by atoms with Crippen molar-refractivity contribution < 1.29 is 19.5 Å². The number of carbonyl (C=O) groups excluding carboxylic acids is 3. The zero-order chi connectivity index (χ0) is 30.6. The molecule has 0 radical (unpaired) electrons. The molecule has 230 valence electrons. The van der Waals surface area contributed by atoms with E-state index in [0.29, 0.717) is 32.6 Å². The van der Waals surface area contributed by atoms with E-state index in [4.69, 9.17) is 0 Å². The first-order valence-corrected chi connectivity index (χ1v) is 17.1. The molecule has 3 amide bonds. The molecule has 0 aromatic heterocycles. The van der Waals surface area contributed by atoms with Crippen LogP contribution in [0.2, 0.25) is 0 Å². The number of likely N-dealkylation sites (tertiary alicyclic amines) is 1. The summed E-state index contributed by atoms with van der Waals surface area (Å²) in [6.45, 7) is 15.9. The van der Waals surface area contributed by atoms with Gasteiger partial charge in [0.05, 0.1) is 16.6 Å². The minimum Gasteiger partial charge on any atom is -0.396 e. The molecule has 0 saturated carbocycles. The molecule has 3 heterocycles. The number of hydrogen-bond donors (Lipinski definition) is 1. The molecule has 0 aliphatic carbocycles. The van der Waals surface area contributed by atoms with Crippen LogP contribution < -0.4 is 4.90 Å². The van der Waals surface area contributed by atoms with Crippen molar-refractivity contribution in [1.82, 2.24) is 9.80 Å². The molecule has 1 spiro atoms. The van der Waals surface area contributed by atoms with Crippen molar-refractivity contribution in [1.29, 1.82) is 0 Å². The highest BCUT2D eigenvalue weighted by Gasteiger charge is 2.76. The zero-order valence-corrected chi connectivity index (χ0v) is 27.7. The van der Waals surface area contributed by atoms with E-state index in [1.807, 2.05) is 48.8 Å². The Bertz CT molecular complexity index is 1170. The molecule has 3 unspecified atom stereocenters. The number of aryl methyl sites for hydroxylation is 2. The van der Waals surface area contributed by atoms with Gasteiger partial charge in [-0.3, -0.25) is 14.4 Å². The Labute approximate surface area is 263 Å². The Kier molecular flexibility index (Phi) is 11.0. The van der Waals surface area contributed by atoms with Gasteiger partial charge >= 0.3 is 0 Å². The van der Waals surface area contributed by atoms with E-state index in [0.717, 1.165) is 48.9 Å². The number of halogens is 1. The zero-order valence-electron chi connectivity index (χ0n) is 25.3. The minimum absolute atomic E-state index is 0.00712. The standard InChI is InChI=1S/C33H46BrN3O4S/c1-6-16-35(17-7-2)30(39)25-26-31(40)37(19-11-9-10-12-20-38)29(33(26)21-24(34)28(25)42-33)32(41)36(18-8-3)27-22(4)14-13-15-23(27)5/h6,8,13-15,24-26,28-29,38H,1,3,7,9-12,16-21H2,2,4-5H3/t24?,25-,26-,28-,29?,33?/m0/s1. The summed E-state index contributed by atoms with van der Waals surface area (Å²) in [4.78, 5) is 49.0. The lowest BCUT2D eigenvalue weighted by Gasteiger charge is -2.39. The summed E-state index contributed by atoms with van der Waals surface area (Å²) in [5.74, 6) is -1.22. The molecule has 3 aliphatic heterocycles. The first kappa shape index (κ1) is 32.8. The van der Waals surface area contributed by atoms with Gasteiger partial charge in [0, 0.05) is 48.6 Å². The number of aliphatic hydroxyl groups excluding tert-OH is 1. The Morgan fingerprint density at radius 3 is 2.40 bits per heavy atom. The Morgan fingerprint density at radius 2 is 1.79 bits per heavy atom. The third-order valence-electron chi connectivity index (χ3n) is 9.06. The maximum absolute atomic E-state index is 14.9. The fourth-order valence-electron chi connectivity index (χ4n) is 7.41. The van der Waals surface area contributed by atoms with Crippen LogP contribution in [-0.2, 0) is 14.4 Å². The molecular weight excluding hydrogens is 614 g/mol. The summed E-state index contributed by atoms with van der Waals surface area (Å²) in [6, 6.07) is 5.32. The van der Waals surface area contributed by atoms with Gasteiger partial charge in [-0.15, -0.1) is 24.9 Å². The number of thioether (sulfide) groups is 1. The average molecular weight is 661 g/mol. The molecule has 1 aromatic rings. The third kappa shape index (κ3) is 5.85. The topological polar surface area (TPSA) is 81.2 Å². The number of amides is 3. The Hall–Kier alpha value is -2.10. The fourth-order valence-corrected chi connectivity index (χ4v) is 11.0. The lowest BCUT2D eigenvalue weighted by Crippen LogP contribution is -2.56. The predicted molar refractivity (Wildman–Crippen MR) is 175 cm³/mol. The lowest BCUT2D eigenvalue weighted by molar-refractivity contribution is -0.143. The van der Waals surface area contributed by atoms with Crippen molar-refractivity contribution in [2.45, 2.75) is 80.2 Å². The Balaban J connectivity index is 1.78. The van der Waals surface area contributed by atoms with Crippen molar-refractivity contribution in [3.63, 3.8) is 0 Å². The lowest BCUT2D eigenvalue weighted by atomic mass is 9.70. The number of unbranched alkanes of at least 4 members (excludes halogenated alkanes) is 3. The summed E-state index contributed by atoms with van der Waals surface area (Å²) in [5, 5.41) is 9.16. The summed E-state index contributed by atoms with van der Waals surface area (Å²) in [7, 11) is 0. The van der Waals surface area contributed by atoms with Crippen molar-refractivity contribution >= 4 is 51.1 Å². The van der Waals surface area contributed by atoms with Gasteiger partial charge < -0.3 is 19.8 Å². The summed E-state index contributed by atoms with van der Waals surface area (Å²) < 4.78 is -0.694. The predicted octanol–water partition coefficient (Wildman–Crippen LogP) is 5.26. The van der Waals surface area contributed by atoms with Crippen molar-refractivity contribution in [2.24, 2.45) is 11.8 Å². The normalized spacial score (nSPS) is 27.7. The van der Waals surface area contributed by atoms with Gasteiger partial charge in [-0.1, -0.05) is 66.0 Å². The van der Waals surface area contributed by atoms with Crippen LogP contribution in [-0.4, -0.2) is 86.3 Å². The number of hydrogen-bond acceptors (Lipinski definition) is 5. The number of benzene rings is 1. The van der Waals surface area contributed by atoms with Crippen LogP contribution in [0.15, 0.2) is 43.5 Å². The Morgan fingerprint density at radius 1 is 1.12 bits per heavy atom. The first-order chi connectivity index (χ1) is 20.2. The molecule has 1 N–H and O–H groups in total. The van der Waals surface area contributed by atoms with Crippen LogP contribution in [0, 0.1) is 25.7 Å². The molecule has 3 aliphatic rings. The first-order valence-electron chi connectivity index (χ1n) is 15.3. The van der Waals surface area contributed by atoms with Gasteiger partial charge in [0.15, 0.2) is 0 Å². The summed E-state index contributed by atoms with van der Waals surface area (Å²) in [6.07, 6.45) is 8.15. The number of para-hydroxylation sites is 1. The van der Waals surface area contributed by atoms with E-state index < -0.39 is 22.6 Å². The second-order valence-electron chi connectivity index (χ2n) is 11.9. The van der Waals surface area contributed by atoms with Crippen LogP contribution in [0.1, 0.15) is 56.6 Å². The maximum Gasteiger partial charge on any atom is 0.251 e. The number of fused-ring (bicyclic) bond motifs is 1. The smallest absolute Gasteiger partial charge is 0.251 e. The van der Waals surface area contributed by atoms with Gasteiger partial charge in [0.25, 0.3) is 5.91 Å². The van der Waals surface area contributed by atoms with Crippen molar-refractivity contribution in [2.75, 3.05) is 37.7 Å². The van der Waals surface area contributed by atoms with E-state index in [9.17, 15) is 19.5 Å². The van der Waals surface area contributed by atoms with Crippen LogP contribution in [0.5, 0.6) is 0 Å². The van der Waals surface area contributed by atoms with Crippen LogP contribution in [0.4, 0.5) is 5.69 Å². The molecule has 9 heteroatoms. The van der Waals surface area contributed by atoms with Crippen LogP contribution in [0.3, 0.4) is 0 Å². The second kappa shape index (κ2) is 14.1. The quantitative estimate of drug-likeness (QED) is 0.158. The monoisotopic (exact) mass is 659 g/mol. The molecule has 2 bridgehead atoms. The van der Waals surface area contributed by atoms with Gasteiger partial charge in [-0.05, 0) is 50.7 Å². The summed E-state index contributed by atoms with van der Waals surface area (Å²) in [5.41, 5.74) is 2.85. The number of anilines is 1. The van der Waals surface area contributed by atoms with E-state index in [2.05, 4.69) is 29.1 Å². The average Bonchev–Trinajstić information content (AvgIpc) is 3.54. The third-order valence-corrected chi connectivity index (χ3v) is 12.3. The summed E-state index contributed by atoms with van der Waals surface area (Å²) >= 11 is 5.58. The molecule has 3 saturated heterocycles. The number of aliphatic hydroxyl groups is 1. The van der Waals surface area contributed by atoms with Gasteiger partial charge in [-0.25, -0.2) is 0 Å². The maximum atomic E-state index is 14.9. The van der Waals surface area contributed by atoms with Crippen molar-refractivity contribution in [3.05, 3.63) is 54.6 Å².